The minimum Gasteiger partial charge on any atom is -0.330 e. The molecule has 2 heterocycles. The first-order valence-corrected chi connectivity index (χ1v) is 9.27. The van der Waals surface area contributed by atoms with E-state index in [2.05, 4.69) is 36.4 Å². The lowest BCUT2D eigenvalue weighted by Gasteiger charge is -2.01. The van der Waals surface area contributed by atoms with Crippen LogP contribution in [0.3, 0.4) is 0 Å². The molecule has 0 aliphatic carbocycles. The van der Waals surface area contributed by atoms with E-state index in [1.54, 1.807) is 23.1 Å². The number of aromatic nitrogens is 3. The van der Waals surface area contributed by atoms with E-state index in [0.29, 0.717) is 0 Å². The van der Waals surface area contributed by atoms with Gasteiger partial charge in [0.2, 0.25) is 5.13 Å². The second-order valence-corrected chi connectivity index (χ2v) is 7.70. The van der Waals surface area contributed by atoms with Crippen LogP contribution in [0.2, 0.25) is 0 Å². The molecule has 0 aliphatic rings. The molecule has 0 saturated heterocycles. The Bertz CT molecular complexity index is 733. The van der Waals surface area contributed by atoms with Gasteiger partial charge in [-0.1, -0.05) is 45.1 Å². The molecule has 0 amide bonds. The van der Waals surface area contributed by atoms with E-state index in [0.717, 1.165) is 31.8 Å². The lowest BCUT2D eigenvalue weighted by atomic mass is 10.2. The molecule has 0 aliphatic heterocycles. The van der Waals surface area contributed by atoms with Gasteiger partial charge >= 0.3 is 0 Å². The average molecular weight is 393 g/mol. The summed E-state index contributed by atoms with van der Waals surface area (Å²) < 4.78 is 2.01. The molecule has 0 unspecified atom stereocenters. The highest BCUT2D eigenvalue weighted by atomic mass is 79.9. The van der Waals surface area contributed by atoms with E-state index in [1.165, 1.54) is 5.56 Å². The van der Waals surface area contributed by atoms with Crippen molar-refractivity contribution in [3.8, 4) is 0 Å². The number of hydrogen-bond acceptors (Lipinski definition) is 6. The zero-order valence-corrected chi connectivity index (χ0v) is 14.8. The summed E-state index contributed by atoms with van der Waals surface area (Å²) in [6.45, 7) is 0. The number of benzene rings is 1. The van der Waals surface area contributed by atoms with E-state index >= 15 is 0 Å². The monoisotopic (exact) mass is 392 g/mol. The molecule has 2 aromatic heterocycles. The minimum atomic E-state index is 0.810. The summed E-state index contributed by atoms with van der Waals surface area (Å²) in [5.74, 6) is 0.982. The van der Waals surface area contributed by atoms with Gasteiger partial charge in [0, 0.05) is 28.3 Å². The van der Waals surface area contributed by atoms with Gasteiger partial charge < -0.3 is 5.32 Å². The van der Waals surface area contributed by atoms with Crippen molar-refractivity contribution in [2.45, 2.75) is 10.8 Å². The van der Waals surface area contributed by atoms with Crippen molar-refractivity contribution >= 4 is 49.8 Å². The molecular formula is C15H13BrN4S2. The Labute approximate surface area is 145 Å². The van der Waals surface area contributed by atoms with Crippen molar-refractivity contribution in [2.24, 2.45) is 0 Å². The summed E-state index contributed by atoms with van der Waals surface area (Å²) in [6, 6.07) is 12.1. The Morgan fingerprint density at radius 3 is 2.82 bits per heavy atom. The van der Waals surface area contributed by atoms with E-state index in [9.17, 15) is 0 Å². The number of nitrogens with one attached hydrogen (secondary N) is 1. The van der Waals surface area contributed by atoms with Gasteiger partial charge in [-0.2, -0.15) is 0 Å². The largest absolute Gasteiger partial charge is 0.330 e. The molecule has 3 rings (SSSR count). The van der Waals surface area contributed by atoms with Crippen LogP contribution in [-0.2, 0) is 6.42 Å². The zero-order valence-electron chi connectivity index (χ0n) is 11.6. The number of halogens is 1. The molecule has 3 aromatic rings. The van der Waals surface area contributed by atoms with Crippen LogP contribution >= 0.6 is 39.0 Å². The summed E-state index contributed by atoms with van der Waals surface area (Å²) >= 11 is 6.75. The third-order valence-corrected chi connectivity index (χ3v) is 5.31. The minimum absolute atomic E-state index is 0.810. The molecule has 22 heavy (non-hydrogen) atoms. The van der Waals surface area contributed by atoms with Crippen molar-refractivity contribution in [1.29, 1.82) is 0 Å². The van der Waals surface area contributed by atoms with Crippen molar-refractivity contribution in [3.05, 3.63) is 58.8 Å². The quantitative estimate of drug-likeness (QED) is 0.611. The van der Waals surface area contributed by atoms with E-state index < -0.39 is 0 Å². The number of aryl methyl sites for hydroxylation is 1. The molecule has 0 fully saturated rings. The molecule has 112 valence electrons. The zero-order chi connectivity index (χ0) is 15.2. The summed E-state index contributed by atoms with van der Waals surface area (Å²) in [7, 11) is 0. The third kappa shape index (κ3) is 4.53. The molecule has 0 atom stereocenters. The average Bonchev–Trinajstić information content (AvgIpc) is 2.96. The lowest BCUT2D eigenvalue weighted by molar-refractivity contribution is 1.01. The van der Waals surface area contributed by atoms with Crippen LogP contribution in [0, 0.1) is 0 Å². The molecule has 0 spiro atoms. The molecule has 0 bridgehead atoms. The van der Waals surface area contributed by atoms with E-state index in [1.807, 2.05) is 48.8 Å². The van der Waals surface area contributed by atoms with E-state index in [-0.39, 0.29) is 0 Å². The summed E-state index contributed by atoms with van der Waals surface area (Å²) in [5.41, 5.74) is 2.29. The second kappa shape index (κ2) is 7.71. The second-order valence-electron chi connectivity index (χ2n) is 4.46. The molecular weight excluding hydrogens is 380 g/mol. The number of nitrogens with zero attached hydrogens (tertiary/aromatic N) is 3. The Balaban J connectivity index is 1.53. The smallest absolute Gasteiger partial charge is 0.210 e. The van der Waals surface area contributed by atoms with Crippen molar-refractivity contribution < 1.29 is 0 Å². The summed E-state index contributed by atoms with van der Waals surface area (Å²) in [4.78, 5) is 4.02. The van der Waals surface area contributed by atoms with Gasteiger partial charge in [-0.15, -0.1) is 10.2 Å². The Morgan fingerprint density at radius 2 is 2.00 bits per heavy atom. The maximum Gasteiger partial charge on any atom is 0.210 e. The summed E-state index contributed by atoms with van der Waals surface area (Å²) in [5, 5.41) is 12.5. The number of hydrogen-bond donors (Lipinski definition) is 1. The lowest BCUT2D eigenvalue weighted by Crippen LogP contribution is -1.88. The van der Waals surface area contributed by atoms with Crippen LogP contribution in [0.25, 0.3) is 0 Å². The Morgan fingerprint density at radius 1 is 1.14 bits per heavy atom. The van der Waals surface area contributed by atoms with Gasteiger partial charge in [0.25, 0.3) is 0 Å². The maximum absolute atomic E-state index is 4.21. The van der Waals surface area contributed by atoms with Gasteiger partial charge in [-0.3, -0.25) is 4.98 Å². The van der Waals surface area contributed by atoms with Gasteiger partial charge in [-0.05, 0) is 42.3 Å². The van der Waals surface area contributed by atoms with Gasteiger partial charge in [-0.25, -0.2) is 0 Å². The fourth-order valence-corrected chi connectivity index (χ4v) is 4.04. The fraction of sp³-hybridized carbons (Fsp3) is 0.133. The molecule has 4 nitrogen and oxygen atoms in total. The first-order chi connectivity index (χ1) is 10.8. The van der Waals surface area contributed by atoms with Crippen LogP contribution in [0.4, 0.5) is 10.8 Å². The van der Waals surface area contributed by atoms with Crippen molar-refractivity contribution in [3.63, 3.8) is 0 Å². The molecule has 0 radical (unpaired) electrons. The molecule has 0 saturated carbocycles. The van der Waals surface area contributed by atoms with Crippen LogP contribution in [0.5, 0.6) is 0 Å². The van der Waals surface area contributed by atoms with Crippen LogP contribution < -0.4 is 5.32 Å². The van der Waals surface area contributed by atoms with Gasteiger partial charge in [0.1, 0.15) is 0 Å². The fourth-order valence-electron chi connectivity index (χ4n) is 1.81. The highest BCUT2D eigenvalue weighted by molar-refractivity contribution is 9.10. The predicted octanol–water partition coefficient (Wildman–Crippen LogP) is 4.77. The Hall–Kier alpha value is -1.44. The molecule has 7 heteroatoms. The number of thioether (sulfide) groups is 1. The summed E-state index contributed by atoms with van der Waals surface area (Å²) in [6.07, 6.45) is 4.65. The normalized spacial score (nSPS) is 10.6. The standard InChI is InChI=1S/C15H13BrN4S2/c16-12-2-1-3-13(10-12)18-14-19-20-15(22-14)21-9-6-11-4-7-17-8-5-11/h1-5,7-8,10H,6,9H2,(H,18,19). The SMILES string of the molecule is Brc1cccc(Nc2nnc(SCCc3ccncc3)s2)c1. The highest BCUT2D eigenvalue weighted by Crippen LogP contribution is 2.28. The highest BCUT2D eigenvalue weighted by Gasteiger charge is 2.05. The van der Waals surface area contributed by atoms with Crippen LogP contribution in [0.1, 0.15) is 5.56 Å². The van der Waals surface area contributed by atoms with Crippen LogP contribution in [-0.4, -0.2) is 20.9 Å². The van der Waals surface area contributed by atoms with Gasteiger partial charge in [0.15, 0.2) is 4.34 Å². The van der Waals surface area contributed by atoms with E-state index in [4.69, 9.17) is 0 Å². The van der Waals surface area contributed by atoms with Crippen molar-refractivity contribution in [1.82, 2.24) is 15.2 Å². The molecule has 1 N–H and O–H groups in total. The van der Waals surface area contributed by atoms with Gasteiger partial charge in [0.05, 0.1) is 0 Å². The van der Waals surface area contributed by atoms with Crippen LogP contribution in [0.15, 0.2) is 57.6 Å². The number of pyridine rings is 1. The first-order valence-electron chi connectivity index (χ1n) is 6.67. The van der Waals surface area contributed by atoms with Crippen molar-refractivity contribution in [2.75, 3.05) is 11.1 Å². The third-order valence-electron chi connectivity index (χ3n) is 2.85. The topological polar surface area (TPSA) is 50.7 Å². The maximum atomic E-state index is 4.21. The molecule has 1 aromatic carbocycles. The Kier molecular flexibility index (Phi) is 5.42. The number of rotatable bonds is 6. The number of anilines is 2. The first kappa shape index (κ1) is 15.5. The predicted molar refractivity (Wildman–Crippen MR) is 96.0 cm³/mol.